The van der Waals surface area contributed by atoms with E-state index in [2.05, 4.69) is 10.2 Å². The Labute approximate surface area is 175 Å². The number of aryl methyl sites for hydroxylation is 1. The predicted octanol–water partition coefficient (Wildman–Crippen LogP) is 2.82. The van der Waals surface area contributed by atoms with Gasteiger partial charge in [-0.25, -0.2) is 0 Å². The first-order valence-corrected chi connectivity index (χ1v) is 10.2. The van der Waals surface area contributed by atoms with Gasteiger partial charge in [-0.15, -0.1) is 10.2 Å². The molecule has 30 heavy (non-hydrogen) atoms. The molecule has 1 aromatic heterocycles. The molecule has 0 bridgehead atoms. The molecule has 4 rings (SSSR count). The number of nitrogens with zero attached hydrogens (tertiary/aromatic N) is 2. The number of hydrogen-bond donors (Lipinski definition) is 3. The molecule has 2 aromatic carbocycles. The molecule has 7 heteroatoms. The molecular weight excluding hydrogens is 384 g/mol. The second-order valence-electron chi connectivity index (χ2n) is 7.59. The van der Waals surface area contributed by atoms with Crippen LogP contribution in [-0.4, -0.2) is 50.4 Å². The van der Waals surface area contributed by atoms with E-state index >= 15 is 0 Å². The van der Waals surface area contributed by atoms with Gasteiger partial charge in [-0.05, 0) is 40.8 Å². The van der Waals surface area contributed by atoms with Gasteiger partial charge >= 0.3 is 0 Å². The molecule has 0 radical (unpaired) electrons. The Balaban J connectivity index is 1.70. The predicted molar refractivity (Wildman–Crippen MR) is 111 cm³/mol. The molecule has 0 aliphatic carbocycles. The summed E-state index contributed by atoms with van der Waals surface area (Å²) in [4.78, 5) is 0. The van der Waals surface area contributed by atoms with E-state index in [0.29, 0.717) is 11.8 Å². The van der Waals surface area contributed by atoms with Crippen LogP contribution in [0, 0.1) is 6.92 Å². The van der Waals surface area contributed by atoms with Crippen LogP contribution in [0.5, 0.6) is 0 Å². The van der Waals surface area contributed by atoms with Crippen LogP contribution in [0.4, 0.5) is 0 Å². The Bertz CT molecular complexity index is 1000. The van der Waals surface area contributed by atoms with Crippen LogP contribution in [0.3, 0.4) is 0 Å². The molecule has 3 aromatic rings. The lowest BCUT2D eigenvalue weighted by atomic mass is 9.86. The van der Waals surface area contributed by atoms with Crippen molar-refractivity contribution >= 4 is 0 Å². The lowest BCUT2D eigenvalue weighted by molar-refractivity contribution is -0.179. The van der Waals surface area contributed by atoms with Gasteiger partial charge in [-0.3, -0.25) is 0 Å². The van der Waals surface area contributed by atoms with E-state index in [1.165, 1.54) is 0 Å². The molecule has 4 unspecified atom stereocenters. The van der Waals surface area contributed by atoms with E-state index in [-0.39, 0.29) is 13.0 Å². The summed E-state index contributed by atoms with van der Waals surface area (Å²) in [6.07, 6.45) is -2.24. The SMILES string of the molecule is CCc1c(-c2ccc(-c3nnc(C)o3)cc2)cccc1C1OC(CO)CC(O)C1O. The third-order valence-corrected chi connectivity index (χ3v) is 5.59. The molecule has 4 atom stereocenters. The molecule has 0 spiro atoms. The number of aromatic nitrogens is 2. The second-order valence-corrected chi connectivity index (χ2v) is 7.59. The average Bonchev–Trinajstić information content (AvgIpc) is 3.21. The lowest BCUT2D eigenvalue weighted by Gasteiger charge is -2.37. The van der Waals surface area contributed by atoms with E-state index < -0.39 is 24.4 Å². The molecule has 1 aliphatic rings. The highest BCUT2D eigenvalue weighted by Crippen LogP contribution is 2.37. The summed E-state index contributed by atoms with van der Waals surface area (Å²) in [5.41, 5.74) is 4.75. The van der Waals surface area contributed by atoms with Gasteiger partial charge < -0.3 is 24.5 Å². The van der Waals surface area contributed by atoms with Crippen molar-refractivity contribution in [3.8, 4) is 22.6 Å². The van der Waals surface area contributed by atoms with Gasteiger partial charge in [0.05, 0.1) is 18.8 Å². The fraction of sp³-hybridized carbons (Fsp3) is 0.391. The zero-order valence-electron chi connectivity index (χ0n) is 17.0. The molecule has 1 saturated heterocycles. The van der Waals surface area contributed by atoms with Crippen LogP contribution < -0.4 is 0 Å². The third-order valence-electron chi connectivity index (χ3n) is 5.59. The van der Waals surface area contributed by atoms with Gasteiger partial charge in [0, 0.05) is 18.9 Å². The zero-order chi connectivity index (χ0) is 21.3. The summed E-state index contributed by atoms with van der Waals surface area (Å²) < 4.78 is 11.4. The number of aliphatic hydroxyl groups is 3. The Morgan fingerprint density at radius 3 is 2.40 bits per heavy atom. The Morgan fingerprint density at radius 1 is 1.03 bits per heavy atom. The topological polar surface area (TPSA) is 109 Å². The smallest absolute Gasteiger partial charge is 0.247 e. The molecule has 7 nitrogen and oxygen atoms in total. The van der Waals surface area contributed by atoms with Crippen molar-refractivity contribution in [3.05, 3.63) is 59.5 Å². The van der Waals surface area contributed by atoms with E-state index in [1.54, 1.807) is 6.92 Å². The van der Waals surface area contributed by atoms with Crippen LogP contribution >= 0.6 is 0 Å². The first-order valence-electron chi connectivity index (χ1n) is 10.2. The van der Waals surface area contributed by atoms with Crippen LogP contribution in [0.2, 0.25) is 0 Å². The van der Waals surface area contributed by atoms with Gasteiger partial charge in [0.15, 0.2) is 0 Å². The number of rotatable bonds is 5. The Kier molecular flexibility index (Phi) is 5.97. The first kappa shape index (κ1) is 20.7. The van der Waals surface area contributed by atoms with Crippen LogP contribution in [0.25, 0.3) is 22.6 Å². The van der Waals surface area contributed by atoms with E-state index in [1.807, 2.05) is 49.4 Å². The molecule has 0 amide bonds. The van der Waals surface area contributed by atoms with Crippen molar-refractivity contribution in [1.82, 2.24) is 10.2 Å². The summed E-state index contributed by atoms with van der Waals surface area (Å²) in [6, 6.07) is 13.7. The van der Waals surface area contributed by atoms with Gasteiger partial charge in [-0.1, -0.05) is 37.3 Å². The highest BCUT2D eigenvalue weighted by molar-refractivity contribution is 5.71. The van der Waals surface area contributed by atoms with Gasteiger partial charge in [0.1, 0.15) is 12.2 Å². The van der Waals surface area contributed by atoms with Gasteiger partial charge in [0.2, 0.25) is 11.8 Å². The maximum absolute atomic E-state index is 10.6. The Hall–Kier alpha value is -2.58. The second kappa shape index (κ2) is 8.65. The minimum Gasteiger partial charge on any atom is -0.421 e. The number of benzene rings is 2. The molecule has 1 fully saturated rings. The van der Waals surface area contributed by atoms with E-state index in [9.17, 15) is 15.3 Å². The normalized spacial score (nSPS) is 24.2. The quantitative estimate of drug-likeness (QED) is 0.593. The Morgan fingerprint density at radius 2 is 1.77 bits per heavy atom. The molecule has 1 aliphatic heterocycles. The van der Waals surface area contributed by atoms with E-state index in [0.717, 1.165) is 34.2 Å². The minimum atomic E-state index is -1.04. The maximum atomic E-state index is 10.6. The van der Waals surface area contributed by atoms with Crippen molar-refractivity contribution in [1.29, 1.82) is 0 Å². The summed E-state index contributed by atoms with van der Waals surface area (Å²) in [5.74, 6) is 0.996. The highest BCUT2D eigenvalue weighted by atomic mass is 16.5. The third kappa shape index (κ3) is 3.89. The van der Waals surface area contributed by atoms with Crippen LogP contribution in [0.1, 0.15) is 36.5 Å². The van der Waals surface area contributed by atoms with Crippen LogP contribution in [0.15, 0.2) is 46.9 Å². The molecule has 3 N–H and O–H groups in total. The lowest BCUT2D eigenvalue weighted by Crippen LogP contribution is -2.44. The highest BCUT2D eigenvalue weighted by Gasteiger charge is 2.38. The number of aliphatic hydroxyl groups excluding tert-OH is 3. The van der Waals surface area contributed by atoms with Gasteiger partial charge in [-0.2, -0.15) is 0 Å². The largest absolute Gasteiger partial charge is 0.421 e. The molecular formula is C23H26N2O5. The van der Waals surface area contributed by atoms with Crippen molar-refractivity contribution in [2.45, 2.75) is 51.1 Å². The summed E-state index contributed by atoms with van der Waals surface area (Å²) in [6.45, 7) is 3.61. The maximum Gasteiger partial charge on any atom is 0.247 e. The molecule has 2 heterocycles. The van der Waals surface area contributed by atoms with Crippen molar-refractivity contribution in [2.24, 2.45) is 0 Å². The summed E-state index contributed by atoms with van der Waals surface area (Å²) in [5, 5.41) is 38.2. The summed E-state index contributed by atoms with van der Waals surface area (Å²) in [7, 11) is 0. The summed E-state index contributed by atoms with van der Waals surface area (Å²) >= 11 is 0. The molecule has 158 valence electrons. The van der Waals surface area contributed by atoms with Crippen molar-refractivity contribution in [3.63, 3.8) is 0 Å². The van der Waals surface area contributed by atoms with E-state index in [4.69, 9.17) is 9.15 Å². The van der Waals surface area contributed by atoms with Crippen molar-refractivity contribution in [2.75, 3.05) is 6.61 Å². The standard InChI is InChI=1S/C23H26N2O5/c1-3-17-18(14-7-9-15(10-8-14)23-25-24-13(2)29-23)5-4-6-19(17)22-21(28)20(27)11-16(12-26)30-22/h4-10,16,20-22,26-28H,3,11-12H2,1-2H3. The van der Waals surface area contributed by atoms with Gasteiger partial charge in [0.25, 0.3) is 0 Å². The van der Waals surface area contributed by atoms with Crippen molar-refractivity contribution < 1.29 is 24.5 Å². The fourth-order valence-corrected chi connectivity index (χ4v) is 4.07. The average molecular weight is 410 g/mol. The van der Waals surface area contributed by atoms with Crippen LogP contribution in [-0.2, 0) is 11.2 Å². The first-order chi connectivity index (χ1) is 14.5. The number of ether oxygens (including phenoxy) is 1. The molecule has 0 saturated carbocycles. The minimum absolute atomic E-state index is 0.196. The zero-order valence-corrected chi connectivity index (χ0v) is 17.0. The fourth-order valence-electron chi connectivity index (χ4n) is 4.07. The number of hydrogen-bond acceptors (Lipinski definition) is 7. The monoisotopic (exact) mass is 410 g/mol.